The Bertz CT molecular complexity index is 349. The van der Waals surface area contributed by atoms with Gasteiger partial charge in [-0.1, -0.05) is 154 Å². The van der Waals surface area contributed by atoms with Crippen LogP contribution >= 0.6 is 0 Å². The molecule has 0 aromatic rings. The van der Waals surface area contributed by atoms with Crippen LogP contribution in [0.4, 0.5) is 0 Å². The topological polar surface area (TPSA) is 24.7 Å². The number of azo groups is 1. The summed E-state index contributed by atoms with van der Waals surface area (Å²) in [6.07, 6.45) is 39.6. The Balaban J connectivity index is 1.80. The maximum absolute atomic E-state index is 5.04. The maximum Gasteiger partial charge on any atom is 0.0708 e. The fraction of sp³-hybridized carbons (Fsp3) is 1.00. The van der Waals surface area contributed by atoms with E-state index in [1.807, 2.05) is 0 Å². The Morgan fingerprint density at radius 1 is 0.219 bits per heavy atom. The summed E-state index contributed by atoms with van der Waals surface area (Å²) >= 11 is 0. The molecule has 2 saturated carbocycles. The molecule has 32 heavy (non-hydrogen) atoms. The van der Waals surface area contributed by atoms with Crippen LogP contribution < -0.4 is 0 Å². The molecule has 188 valence electrons. The van der Waals surface area contributed by atoms with Gasteiger partial charge in [0.1, 0.15) is 0 Å². The van der Waals surface area contributed by atoms with Crippen molar-refractivity contribution in [3.05, 3.63) is 0 Å². The first-order valence-corrected chi connectivity index (χ1v) is 15.3. The van der Waals surface area contributed by atoms with E-state index in [-0.39, 0.29) is 0 Å². The van der Waals surface area contributed by atoms with Gasteiger partial charge in [-0.25, -0.2) is 0 Å². The molecule has 0 aromatic carbocycles. The molecule has 0 aromatic heterocycles. The molecule has 0 N–H and O–H groups in total. The van der Waals surface area contributed by atoms with E-state index in [4.69, 9.17) is 10.2 Å². The normalized spacial score (nSPS) is 25.4. The number of hydrogen-bond acceptors (Lipinski definition) is 2. The highest BCUT2D eigenvalue weighted by Gasteiger charge is 2.12. The lowest BCUT2D eigenvalue weighted by Crippen LogP contribution is -2.09. The summed E-state index contributed by atoms with van der Waals surface area (Å²) < 4.78 is 0. The molecular weight excluding hydrogens is 388 g/mol. The van der Waals surface area contributed by atoms with Crippen molar-refractivity contribution in [2.24, 2.45) is 10.2 Å². The highest BCUT2D eigenvalue weighted by atomic mass is 15.1. The lowest BCUT2D eigenvalue weighted by atomic mass is 10.0. The van der Waals surface area contributed by atoms with Crippen LogP contribution in [0.3, 0.4) is 0 Å². The van der Waals surface area contributed by atoms with Crippen molar-refractivity contribution < 1.29 is 0 Å². The van der Waals surface area contributed by atoms with Gasteiger partial charge in [-0.3, -0.25) is 0 Å². The molecule has 0 spiro atoms. The van der Waals surface area contributed by atoms with Gasteiger partial charge in [-0.2, -0.15) is 10.2 Å². The molecule has 2 aliphatic carbocycles. The second-order valence-corrected chi connectivity index (χ2v) is 11.2. The predicted octanol–water partition coefficient (Wildman–Crippen LogP) is 11.1. The second kappa shape index (κ2) is 21.2. The van der Waals surface area contributed by atoms with E-state index in [1.165, 1.54) is 180 Å². The third-order valence-corrected chi connectivity index (χ3v) is 8.04. The fourth-order valence-electron chi connectivity index (χ4n) is 5.76. The molecule has 0 radical (unpaired) electrons. The quantitative estimate of drug-likeness (QED) is 0.377. The Morgan fingerprint density at radius 3 is 0.562 bits per heavy atom. The number of rotatable bonds is 2. The summed E-state index contributed by atoms with van der Waals surface area (Å²) in [6.45, 7) is 0. The molecule has 2 heteroatoms. The van der Waals surface area contributed by atoms with E-state index < -0.39 is 0 Å². The minimum Gasteiger partial charge on any atom is -0.191 e. The van der Waals surface area contributed by atoms with Crippen molar-refractivity contribution in [2.75, 3.05) is 0 Å². The Hall–Kier alpha value is -0.400. The highest BCUT2D eigenvalue weighted by Crippen LogP contribution is 2.22. The smallest absolute Gasteiger partial charge is 0.0708 e. The van der Waals surface area contributed by atoms with Crippen molar-refractivity contribution in [3.8, 4) is 0 Å². The molecule has 0 heterocycles. The van der Waals surface area contributed by atoms with Gasteiger partial charge in [0.25, 0.3) is 0 Å². The Morgan fingerprint density at radius 2 is 0.375 bits per heavy atom. The lowest BCUT2D eigenvalue weighted by Gasteiger charge is -2.15. The summed E-state index contributed by atoms with van der Waals surface area (Å²) in [5.41, 5.74) is 0. The average molecular weight is 447 g/mol. The van der Waals surface area contributed by atoms with Gasteiger partial charge in [-0.15, -0.1) is 0 Å². The Labute approximate surface area is 202 Å². The first kappa shape index (κ1) is 27.8. The van der Waals surface area contributed by atoms with Crippen LogP contribution in [0.25, 0.3) is 0 Å². The van der Waals surface area contributed by atoms with Crippen LogP contribution in [-0.4, -0.2) is 12.1 Å². The zero-order chi connectivity index (χ0) is 22.4. The van der Waals surface area contributed by atoms with Crippen molar-refractivity contribution in [1.29, 1.82) is 0 Å². The van der Waals surface area contributed by atoms with Gasteiger partial charge in [0, 0.05) is 0 Å². The van der Waals surface area contributed by atoms with Crippen LogP contribution in [0.15, 0.2) is 10.2 Å². The molecule has 2 aliphatic rings. The van der Waals surface area contributed by atoms with Crippen LogP contribution in [0.1, 0.15) is 180 Å². The minimum atomic E-state index is 0.511. The average Bonchev–Trinajstić information content (AvgIpc) is 2.82. The van der Waals surface area contributed by atoms with Crippen LogP contribution in [-0.2, 0) is 0 Å². The van der Waals surface area contributed by atoms with Crippen molar-refractivity contribution >= 4 is 0 Å². The zero-order valence-electron chi connectivity index (χ0n) is 21.8. The first-order chi connectivity index (χ1) is 15.9. The van der Waals surface area contributed by atoms with Gasteiger partial charge in [0.05, 0.1) is 12.1 Å². The van der Waals surface area contributed by atoms with Crippen molar-refractivity contribution in [1.82, 2.24) is 0 Å². The summed E-state index contributed by atoms with van der Waals surface area (Å²) in [7, 11) is 0. The third kappa shape index (κ3) is 16.2. The van der Waals surface area contributed by atoms with Gasteiger partial charge < -0.3 is 0 Å². The van der Waals surface area contributed by atoms with E-state index >= 15 is 0 Å². The summed E-state index contributed by atoms with van der Waals surface area (Å²) in [5, 5.41) is 10.1. The monoisotopic (exact) mass is 446 g/mol. The third-order valence-electron chi connectivity index (χ3n) is 8.04. The lowest BCUT2D eigenvalue weighted by molar-refractivity contribution is 0.436. The van der Waals surface area contributed by atoms with Crippen LogP contribution in [0.2, 0.25) is 0 Å². The molecular formula is C30H58N2. The molecule has 0 bridgehead atoms. The van der Waals surface area contributed by atoms with E-state index in [0.717, 1.165) is 0 Å². The van der Waals surface area contributed by atoms with Crippen LogP contribution in [0, 0.1) is 0 Å². The Kier molecular flexibility index (Phi) is 18.4. The summed E-state index contributed by atoms with van der Waals surface area (Å²) in [6, 6.07) is 1.02. The summed E-state index contributed by atoms with van der Waals surface area (Å²) in [5.74, 6) is 0. The van der Waals surface area contributed by atoms with Crippen LogP contribution in [0.5, 0.6) is 0 Å². The van der Waals surface area contributed by atoms with Gasteiger partial charge in [-0.05, 0) is 25.7 Å². The fourth-order valence-corrected chi connectivity index (χ4v) is 5.76. The predicted molar refractivity (Wildman–Crippen MR) is 142 cm³/mol. The molecule has 0 aliphatic heterocycles. The number of hydrogen-bond donors (Lipinski definition) is 0. The van der Waals surface area contributed by atoms with E-state index in [9.17, 15) is 0 Å². The van der Waals surface area contributed by atoms with Gasteiger partial charge in [0.15, 0.2) is 0 Å². The van der Waals surface area contributed by atoms with Gasteiger partial charge in [0.2, 0.25) is 0 Å². The maximum atomic E-state index is 5.04. The van der Waals surface area contributed by atoms with E-state index in [2.05, 4.69) is 0 Å². The number of nitrogens with zero attached hydrogens (tertiary/aromatic N) is 2. The van der Waals surface area contributed by atoms with E-state index in [1.54, 1.807) is 0 Å². The van der Waals surface area contributed by atoms with Crippen molar-refractivity contribution in [2.45, 2.75) is 192 Å². The zero-order valence-corrected chi connectivity index (χ0v) is 21.8. The largest absolute Gasteiger partial charge is 0.191 e. The minimum absolute atomic E-state index is 0.511. The molecule has 2 rings (SSSR count). The standard InChI is InChI=1S/C30H58N2/c1-2-6-10-14-18-22-26-29(25-21-17-13-9-5-1)31-32-30-27-23-19-15-11-7-3-4-8-12-16-20-24-28-30/h29-30H,1-28H2. The molecule has 0 unspecified atom stereocenters. The van der Waals surface area contributed by atoms with Crippen molar-refractivity contribution in [3.63, 3.8) is 0 Å². The first-order valence-electron chi connectivity index (χ1n) is 15.3. The molecule has 0 atom stereocenters. The molecule has 0 amide bonds. The molecule has 0 saturated heterocycles. The second-order valence-electron chi connectivity index (χ2n) is 11.2. The molecule has 2 fully saturated rings. The SMILES string of the molecule is C1CCCCCCCC(N=NC2CCCCCCCCCCCCCC2)CCCCCC1. The van der Waals surface area contributed by atoms with E-state index in [0.29, 0.717) is 12.1 Å². The molecule has 2 nitrogen and oxygen atoms in total. The highest BCUT2D eigenvalue weighted by molar-refractivity contribution is 4.70. The van der Waals surface area contributed by atoms with Gasteiger partial charge >= 0.3 is 0 Å². The summed E-state index contributed by atoms with van der Waals surface area (Å²) in [4.78, 5) is 0.